The Bertz CT molecular complexity index is 693. The Balaban J connectivity index is 1.80. The molecular formula is C14H11N3O. The monoisotopic (exact) mass is 237 g/mol. The van der Waals surface area contributed by atoms with E-state index in [1.807, 2.05) is 48.6 Å². The minimum Gasteiger partial charge on any atom is -0.465 e. The predicted molar refractivity (Wildman–Crippen MR) is 71.4 cm³/mol. The van der Waals surface area contributed by atoms with Gasteiger partial charge in [0.05, 0.1) is 17.3 Å². The van der Waals surface area contributed by atoms with Crippen LogP contribution in [0.5, 0.6) is 0 Å². The van der Waals surface area contributed by atoms with Crippen molar-refractivity contribution in [3.8, 4) is 0 Å². The van der Waals surface area contributed by atoms with Gasteiger partial charge >= 0.3 is 0 Å². The van der Waals surface area contributed by atoms with E-state index in [9.17, 15) is 0 Å². The second-order valence-corrected chi connectivity index (χ2v) is 3.72. The summed E-state index contributed by atoms with van der Waals surface area (Å²) in [6.07, 6.45) is 8.72. The summed E-state index contributed by atoms with van der Waals surface area (Å²) in [5, 5.41) is 4.29. The fraction of sp³-hybridized carbons (Fsp3) is 0. The third-order valence-electron chi connectivity index (χ3n) is 2.52. The minimum atomic E-state index is 0.803. The molecule has 0 aliphatic carbocycles. The van der Waals surface area contributed by atoms with Gasteiger partial charge in [-0.2, -0.15) is 5.10 Å². The number of allylic oxidation sites excluding steroid dienone is 1. The van der Waals surface area contributed by atoms with Crippen LogP contribution in [0.15, 0.2) is 64.6 Å². The average Bonchev–Trinajstić information content (AvgIpc) is 3.04. The normalized spacial score (nSPS) is 12.0. The van der Waals surface area contributed by atoms with Crippen molar-refractivity contribution in [1.29, 1.82) is 0 Å². The molecule has 0 fully saturated rings. The Kier molecular flexibility index (Phi) is 2.75. The molecule has 0 saturated heterocycles. The quantitative estimate of drug-likeness (QED) is 0.656. The van der Waals surface area contributed by atoms with Crippen molar-refractivity contribution in [1.82, 2.24) is 9.66 Å². The second-order valence-electron chi connectivity index (χ2n) is 3.72. The van der Waals surface area contributed by atoms with Crippen molar-refractivity contribution in [2.24, 2.45) is 5.10 Å². The molecule has 4 heteroatoms. The fourth-order valence-corrected chi connectivity index (χ4v) is 1.67. The summed E-state index contributed by atoms with van der Waals surface area (Å²) in [7, 11) is 0. The van der Waals surface area contributed by atoms with Crippen LogP contribution < -0.4 is 0 Å². The van der Waals surface area contributed by atoms with Gasteiger partial charge in [-0.15, -0.1) is 0 Å². The maximum Gasteiger partial charge on any atom is 0.126 e. The van der Waals surface area contributed by atoms with Gasteiger partial charge in [0, 0.05) is 6.21 Å². The number of aromatic nitrogens is 2. The number of benzene rings is 1. The summed E-state index contributed by atoms with van der Waals surface area (Å²) in [6, 6.07) is 11.6. The van der Waals surface area contributed by atoms with Gasteiger partial charge in [-0.05, 0) is 36.4 Å². The van der Waals surface area contributed by atoms with Crippen molar-refractivity contribution >= 4 is 23.3 Å². The number of furan rings is 1. The molecule has 18 heavy (non-hydrogen) atoms. The average molecular weight is 237 g/mol. The van der Waals surface area contributed by atoms with Crippen molar-refractivity contribution < 1.29 is 4.42 Å². The molecule has 0 aliphatic heterocycles. The van der Waals surface area contributed by atoms with Gasteiger partial charge < -0.3 is 4.42 Å². The first kappa shape index (κ1) is 10.5. The van der Waals surface area contributed by atoms with Gasteiger partial charge in [0.25, 0.3) is 0 Å². The molecule has 0 radical (unpaired) electrons. The van der Waals surface area contributed by atoms with Gasteiger partial charge in [-0.25, -0.2) is 9.66 Å². The van der Waals surface area contributed by atoms with Gasteiger partial charge in [0.1, 0.15) is 12.1 Å². The lowest BCUT2D eigenvalue weighted by molar-refractivity contribution is 0.557. The summed E-state index contributed by atoms with van der Waals surface area (Å²) in [5.41, 5.74) is 1.92. The molecule has 0 spiro atoms. The van der Waals surface area contributed by atoms with Crippen molar-refractivity contribution in [2.45, 2.75) is 0 Å². The molecule has 0 bridgehead atoms. The summed E-state index contributed by atoms with van der Waals surface area (Å²) < 4.78 is 6.91. The van der Waals surface area contributed by atoms with E-state index in [0.717, 1.165) is 16.8 Å². The number of hydrogen-bond acceptors (Lipinski definition) is 3. The zero-order valence-electron chi connectivity index (χ0n) is 9.60. The van der Waals surface area contributed by atoms with Crippen LogP contribution in [0, 0.1) is 0 Å². The van der Waals surface area contributed by atoms with Crippen LogP contribution in [-0.4, -0.2) is 15.9 Å². The molecule has 0 N–H and O–H groups in total. The summed E-state index contributed by atoms with van der Waals surface area (Å²) in [6.45, 7) is 0. The smallest absolute Gasteiger partial charge is 0.126 e. The second kappa shape index (κ2) is 4.71. The molecular weight excluding hydrogens is 226 g/mol. The minimum absolute atomic E-state index is 0.803. The molecule has 0 unspecified atom stereocenters. The Morgan fingerprint density at radius 2 is 2.11 bits per heavy atom. The van der Waals surface area contributed by atoms with Gasteiger partial charge in [0.2, 0.25) is 0 Å². The van der Waals surface area contributed by atoms with Crippen molar-refractivity contribution in [3.63, 3.8) is 0 Å². The van der Waals surface area contributed by atoms with Gasteiger partial charge in [0.15, 0.2) is 0 Å². The molecule has 3 rings (SSSR count). The molecule has 0 atom stereocenters. The van der Waals surface area contributed by atoms with E-state index in [1.165, 1.54) is 0 Å². The van der Waals surface area contributed by atoms with Crippen LogP contribution in [-0.2, 0) is 0 Å². The molecule has 0 saturated carbocycles. The number of para-hydroxylation sites is 2. The third kappa shape index (κ3) is 2.08. The first-order chi connectivity index (χ1) is 8.93. The molecule has 0 amide bonds. The van der Waals surface area contributed by atoms with Crippen LogP contribution in [0.4, 0.5) is 0 Å². The van der Waals surface area contributed by atoms with Crippen LogP contribution in [0.1, 0.15) is 5.76 Å². The maximum absolute atomic E-state index is 5.17. The molecule has 3 aromatic rings. The summed E-state index contributed by atoms with van der Waals surface area (Å²) in [5.74, 6) is 0.803. The van der Waals surface area contributed by atoms with E-state index in [0.29, 0.717) is 0 Å². The third-order valence-corrected chi connectivity index (χ3v) is 2.52. The molecule has 1 aromatic carbocycles. The van der Waals surface area contributed by atoms with Crippen LogP contribution in [0.25, 0.3) is 17.1 Å². The Labute approximate surface area is 104 Å². The van der Waals surface area contributed by atoms with Crippen LogP contribution in [0.3, 0.4) is 0 Å². The number of fused-ring (bicyclic) bond motifs is 1. The molecule has 88 valence electrons. The highest BCUT2D eigenvalue weighted by Gasteiger charge is 1.97. The zero-order chi connectivity index (χ0) is 12.2. The lowest BCUT2D eigenvalue weighted by Crippen LogP contribution is -1.84. The standard InChI is InChI=1S/C14H11N3O/c1-2-8-14-13(7-1)15-11-17(14)16-9-3-5-12-6-4-10-18-12/h1-11H. The van der Waals surface area contributed by atoms with E-state index in [2.05, 4.69) is 10.1 Å². The largest absolute Gasteiger partial charge is 0.465 e. The van der Waals surface area contributed by atoms with E-state index in [-0.39, 0.29) is 0 Å². The lowest BCUT2D eigenvalue weighted by Gasteiger charge is -1.92. The van der Waals surface area contributed by atoms with E-state index >= 15 is 0 Å². The first-order valence-electron chi connectivity index (χ1n) is 5.60. The van der Waals surface area contributed by atoms with Gasteiger partial charge in [-0.3, -0.25) is 0 Å². The van der Waals surface area contributed by atoms with E-state index in [4.69, 9.17) is 4.42 Å². The topological polar surface area (TPSA) is 43.3 Å². The highest BCUT2D eigenvalue weighted by atomic mass is 16.3. The highest BCUT2D eigenvalue weighted by Crippen LogP contribution is 2.10. The first-order valence-corrected chi connectivity index (χ1v) is 5.60. The van der Waals surface area contributed by atoms with Crippen LogP contribution >= 0.6 is 0 Å². The van der Waals surface area contributed by atoms with E-state index in [1.54, 1.807) is 23.5 Å². The highest BCUT2D eigenvalue weighted by molar-refractivity contribution is 5.79. The molecule has 2 heterocycles. The van der Waals surface area contributed by atoms with Crippen molar-refractivity contribution in [2.75, 3.05) is 0 Å². The Morgan fingerprint density at radius 1 is 1.17 bits per heavy atom. The summed E-state index contributed by atoms with van der Waals surface area (Å²) >= 11 is 0. The SMILES string of the molecule is C(=Cc1ccco1)C=Nn1cnc2ccccc21. The number of nitrogens with zero attached hydrogens (tertiary/aromatic N) is 3. The Hall–Kier alpha value is -2.62. The Morgan fingerprint density at radius 3 is 3.00 bits per heavy atom. The predicted octanol–water partition coefficient (Wildman–Crippen LogP) is 3.18. The van der Waals surface area contributed by atoms with Gasteiger partial charge in [-0.1, -0.05) is 12.1 Å². The van der Waals surface area contributed by atoms with Crippen LogP contribution in [0.2, 0.25) is 0 Å². The number of rotatable bonds is 3. The number of hydrogen-bond donors (Lipinski definition) is 0. The molecule has 0 aliphatic rings. The lowest BCUT2D eigenvalue weighted by atomic mass is 10.3. The molecule has 2 aromatic heterocycles. The summed E-state index contributed by atoms with van der Waals surface area (Å²) in [4.78, 5) is 4.25. The molecule has 4 nitrogen and oxygen atoms in total. The van der Waals surface area contributed by atoms with Crippen molar-refractivity contribution in [3.05, 3.63) is 60.8 Å². The zero-order valence-corrected chi connectivity index (χ0v) is 9.60. The maximum atomic E-state index is 5.17. The number of imidazole rings is 1. The fourth-order valence-electron chi connectivity index (χ4n) is 1.67. The van der Waals surface area contributed by atoms with E-state index < -0.39 is 0 Å².